The highest BCUT2D eigenvalue weighted by Crippen LogP contribution is 2.27. The van der Waals surface area contributed by atoms with Gasteiger partial charge in [0.05, 0.1) is 0 Å². The van der Waals surface area contributed by atoms with Crippen molar-refractivity contribution in [1.29, 1.82) is 0 Å². The molecule has 0 aliphatic carbocycles. The van der Waals surface area contributed by atoms with Gasteiger partial charge in [0.2, 0.25) is 0 Å². The van der Waals surface area contributed by atoms with E-state index in [0.717, 1.165) is 22.6 Å². The number of benzene rings is 3. The third-order valence-electron chi connectivity index (χ3n) is 4.46. The van der Waals surface area contributed by atoms with Crippen LogP contribution in [-0.2, 0) is 0 Å². The lowest BCUT2D eigenvalue weighted by Crippen LogP contribution is -2.28. The molecule has 0 unspecified atom stereocenters. The fraction of sp³-hybridized carbons (Fsp3) is 0.0870. The normalized spacial score (nSPS) is 10.2. The molecule has 0 aromatic heterocycles. The first kappa shape index (κ1) is 17.5. The first-order valence-electron chi connectivity index (χ1n) is 8.50. The number of rotatable bonds is 5. The minimum atomic E-state index is -0.0607. The molecule has 3 aromatic rings. The van der Waals surface area contributed by atoms with E-state index in [1.54, 1.807) is 11.9 Å². The van der Waals surface area contributed by atoms with Crippen LogP contribution in [0, 0.1) is 0 Å². The molecule has 0 saturated heterocycles. The van der Waals surface area contributed by atoms with Gasteiger partial charge in [-0.25, -0.2) is 0 Å². The molecule has 0 saturated carbocycles. The summed E-state index contributed by atoms with van der Waals surface area (Å²) in [6.45, 7) is 4.23. The van der Waals surface area contributed by atoms with Crippen molar-refractivity contribution >= 4 is 23.0 Å². The molecule has 0 atom stereocenters. The standard InChI is InChI=1S/C23H22N2O/c1-18(24(2)19-12-6-4-7-13-19)21-16-10-11-17-22(21)23(26)25(3)20-14-8-5-9-15-20/h4-17H,1H2,2-3H3. The predicted molar refractivity (Wildman–Crippen MR) is 109 cm³/mol. The van der Waals surface area contributed by atoms with Gasteiger partial charge in [-0.1, -0.05) is 61.2 Å². The summed E-state index contributed by atoms with van der Waals surface area (Å²) in [4.78, 5) is 16.8. The molecule has 0 spiro atoms. The smallest absolute Gasteiger partial charge is 0.258 e. The highest BCUT2D eigenvalue weighted by atomic mass is 16.2. The Balaban J connectivity index is 1.93. The molecule has 0 aliphatic rings. The van der Waals surface area contributed by atoms with Gasteiger partial charge >= 0.3 is 0 Å². The maximum Gasteiger partial charge on any atom is 0.258 e. The van der Waals surface area contributed by atoms with Crippen molar-refractivity contribution in [2.24, 2.45) is 0 Å². The zero-order valence-electron chi connectivity index (χ0n) is 15.1. The van der Waals surface area contributed by atoms with Gasteiger partial charge in [-0.3, -0.25) is 4.79 Å². The van der Waals surface area contributed by atoms with Crippen LogP contribution in [0.5, 0.6) is 0 Å². The van der Waals surface area contributed by atoms with Crippen LogP contribution in [0.4, 0.5) is 11.4 Å². The largest absolute Gasteiger partial charge is 0.345 e. The topological polar surface area (TPSA) is 23.6 Å². The Kier molecular flexibility index (Phi) is 5.18. The molecule has 3 nitrogen and oxygen atoms in total. The minimum absolute atomic E-state index is 0.0607. The number of carbonyl (C=O) groups excluding carboxylic acids is 1. The minimum Gasteiger partial charge on any atom is -0.345 e. The van der Waals surface area contributed by atoms with Gasteiger partial charge in [-0.05, 0) is 30.3 Å². The van der Waals surface area contributed by atoms with Crippen molar-refractivity contribution < 1.29 is 4.79 Å². The second-order valence-corrected chi connectivity index (χ2v) is 6.09. The van der Waals surface area contributed by atoms with E-state index < -0.39 is 0 Å². The van der Waals surface area contributed by atoms with Gasteiger partial charge in [0.1, 0.15) is 0 Å². The third kappa shape index (κ3) is 3.52. The summed E-state index contributed by atoms with van der Waals surface area (Å²) in [6, 6.07) is 27.2. The van der Waals surface area contributed by atoms with E-state index in [1.807, 2.05) is 96.9 Å². The van der Waals surface area contributed by atoms with Crippen LogP contribution in [0.1, 0.15) is 15.9 Å². The Labute approximate surface area is 154 Å². The van der Waals surface area contributed by atoms with E-state index in [-0.39, 0.29) is 5.91 Å². The van der Waals surface area contributed by atoms with E-state index in [4.69, 9.17) is 0 Å². The molecule has 0 fully saturated rings. The van der Waals surface area contributed by atoms with Gasteiger partial charge in [-0.2, -0.15) is 0 Å². The molecule has 0 heterocycles. The fourth-order valence-electron chi connectivity index (χ4n) is 2.86. The molecule has 26 heavy (non-hydrogen) atoms. The average Bonchev–Trinajstić information content (AvgIpc) is 2.73. The van der Waals surface area contributed by atoms with Crippen LogP contribution < -0.4 is 9.80 Å². The lowest BCUT2D eigenvalue weighted by atomic mass is 10.0. The van der Waals surface area contributed by atoms with E-state index in [0.29, 0.717) is 5.56 Å². The summed E-state index contributed by atoms with van der Waals surface area (Å²) >= 11 is 0. The number of hydrogen-bond donors (Lipinski definition) is 0. The zero-order valence-corrected chi connectivity index (χ0v) is 15.1. The van der Waals surface area contributed by atoms with Crippen molar-refractivity contribution in [3.05, 3.63) is 103 Å². The Hall–Kier alpha value is -3.33. The monoisotopic (exact) mass is 342 g/mol. The number of hydrogen-bond acceptors (Lipinski definition) is 2. The number of carbonyl (C=O) groups is 1. The van der Waals surface area contributed by atoms with Gasteiger partial charge in [-0.15, -0.1) is 0 Å². The van der Waals surface area contributed by atoms with E-state index in [2.05, 4.69) is 6.58 Å². The van der Waals surface area contributed by atoms with Gasteiger partial charge in [0.25, 0.3) is 5.91 Å². The second-order valence-electron chi connectivity index (χ2n) is 6.09. The summed E-state index contributed by atoms with van der Waals surface area (Å²) in [5.41, 5.74) is 4.12. The van der Waals surface area contributed by atoms with Crippen molar-refractivity contribution in [2.75, 3.05) is 23.9 Å². The van der Waals surface area contributed by atoms with Crippen LogP contribution in [0.2, 0.25) is 0 Å². The van der Waals surface area contributed by atoms with Crippen LogP contribution in [0.25, 0.3) is 5.70 Å². The lowest BCUT2D eigenvalue weighted by Gasteiger charge is -2.25. The van der Waals surface area contributed by atoms with Crippen molar-refractivity contribution in [2.45, 2.75) is 0 Å². The van der Waals surface area contributed by atoms with Crippen LogP contribution in [0.15, 0.2) is 91.5 Å². The summed E-state index contributed by atoms with van der Waals surface area (Å²) in [5.74, 6) is -0.0607. The number of anilines is 2. The van der Waals surface area contributed by atoms with Crippen LogP contribution in [0.3, 0.4) is 0 Å². The maximum absolute atomic E-state index is 13.1. The fourth-order valence-corrected chi connectivity index (χ4v) is 2.86. The molecule has 3 heteroatoms. The highest BCUT2D eigenvalue weighted by Gasteiger charge is 2.19. The first-order valence-corrected chi connectivity index (χ1v) is 8.50. The highest BCUT2D eigenvalue weighted by molar-refractivity contribution is 6.09. The Morgan fingerprint density at radius 1 is 0.654 bits per heavy atom. The molecule has 130 valence electrons. The molecule has 3 aromatic carbocycles. The number of para-hydroxylation sites is 2. The molecule has 1 amide bonds. The van der Waals surface area contributed by atoms with E-state index in [1.165, 1.54) is 0 Å². The van der Waals surface area contributed by atoms with Gasteiger partial charge in [0.15, 0.2) is 0 Å². The molecular weight excluding hydrogens is 320 g/mol. The van der Waals surface area contributed by atoms with Crippen molar-refractivity contribution in [1.82, 2.24) is 0 Å². The Morgan fingerprint density at radius 2 is 1.08 bits per heavy atom. The quantitative estimate of drug-likeness (QED) is 0.646. The molecule has 0 N–H and O–H groups in total. The van der Waals surface area contributed by atoms with Gasteiger partial charge in [0, 0.05) is 42.3 Å². The molecule has 0 radical (unpaired) electrons. The van der Waals surface area contributed by atoms with Gasteiger partial charge < -0.3 is 9.80 Å². The Bertz CT molecular complexity index is 827. The predicted octanol–water partition coefficient (Wildman–Crippen LogP) is 5.07. The molecule has 0 aliphatic heterocycles. The number of amides is 1. The zero-order chi connectivity index (χ0) is 18.5. The van der Waals surface area contributed by atoms with E-state index >= 15 is 0 Å². The van der Waals surface area contributed by atoms with E-state index in [9.17, 15) is 4.79 Å². The summed E-state index contributed by atoms with van der Waals surface area (Å²) in [6.07, 6.45) is 0. The lowest BCUT2D eigenvalue weighted by molar-refractivity contribution is 0.0993. The SMILES string of the molecule is C=C(c1ccccc1C(=O)N(C)c1ccccc1)N(C)c1ccccc1. The summed E-state index contributed by atoms with van der Waals surface area (Å²) < 4.78 is 0. The third-order valence-corrected chi connectivity index (χ3v) is 4.46. The second kappa shape index (κ2) is 7.70. The van der Waals surface area contributed by atoms with Crippen LogP contribution >= 0.6 is 0 Å². The molecular formula is C23H22N2O. The Morgan fingerprint density at radius 3 is 1.62 bits per heavy atom. The van der Waals surface area contributed by atoms with Crippen LogP contribution in [-0.4, -0.2) is 20.0 Å². The average molecular weight is 342 g/mol. The van der Waals surface area contributed by atoms with Crippen molar-refractivity contribution in [3.8, 4) is 0 Å². The van der Waals surface area contributed by atoms with Crippen molar-refractivity contribution in [3.63, 3.8) is 0 Å². The first-order chi connectivity index (χ1) is 12.6. The molecule has 3 rings (SSSR count). The summed E-state index contributed by atoms with van der Waals surface area (Å²) in [7, 11) is 3.75. The molecule has 0 bridgehead atoms. The maximum atomic E-state index is 13.1. The number of nitrogens with zero attached hydrogens (tertiary/aromatic N) is 2. The summed E-state index contributed by atoms with van der Waals surface area (Å²) in [5, 5.41) is 0.